The third kappa shape index (κ3) is 2.16. The second-order valence-electron chi connectivity index (χ2n) is 3.29. The maximum absolute atomic E-state index is 10.9. The van der Waals surface area contributed by atoms with Crippen LogP contribution >= 0.6 is 0 Å². The molecular weight excluding hydrogens is 180 g/mol. The van der Waals surface area contributed by atoms with E-state index in [4.69, 9.17) is 5.11 Å². The predicted molar refractivity (Wildman–Crippen MR) is 54.3 cm³/mol. The summed E-state index contributed by atoms with van der Waals surface area (Å²) in [5, 5.41) is 14.9. The van der Waals surface area contributed by atoms with Crippen molar-refractivity contribution in [3.8, 4) is 0 Å². The number of aliphatic carboxylic acids is 1. The van der Waals surface area contributed by atoms with Crippen molar-refractivity contribution >= 4 is 5.97 Å². The fourth-order valence-electron chi connectivity index (χ4n) is 1.11. The third-order valence-corrected chi connectivity index (χ3v) is 2.01. The molecule has 0 aromatic carbocycles. The van der Waals surface area contributed by atoms with Crippen molar-refractivity contribution in [2.24, 2.45) is 5.41 Å². The Kier molecular flexibility index (Phi) is 2.96. The smallest absolute Gasteiger partial charge is 0.317 e. The Labute approximate surface area is 83.0 Å². The number of hydrogen-bond acceptors (Lipinski definition) is 3. The predicted octanol–water partition coefficient (Wildman–Crippen LogP) is 0.811. The molecule has 0 radical (unpaired) electrons. The van der Waals surface area contributed by atoms with Crippen LogP contribution in [0.1, 0.15) is 6.92 Å². The molecule has 0 aliphatic carbocycles. The zero-order chi connectivity index (χ0) is 10.6. The van der Waals surface area contributed by atoms with Crippen LogP contribution in [-0.4, -0.2) is 17.6 Å². The monoisotopic (exact) mass is 194 g/mol. The van der Waals surface area contributed by atoms with Gasteiger partial charge in [0.1, 0.15) is 11.2 Å². The van der Waals surface area contributed by atoms with Gasteiger partial charge in [-0.15, -0.1) is 6.58 Å². The quantitative estimate of drug-likeness (QED) is 0.580. The molecule has 1 aliphatic rings. The Hall–Kier alpha value is -1.71. The molecule has 0 aromatic rings. The van der Waals surface area contributed by atoms with Gasteiger partial charge in [-0.05, 0) is 25.3 Å². The number of rotatable bonds is 4. The summed E-state index contributed by atoms with van der Waals surface area (Å²) in [7, 11) is 0. The van der Waals surface area contributed by atoms with Crippen molar-refractivity contribution in [1.29, 1.82) is 0 Å². The Morgan fingerprint density at radius 1 is 1.86 bits per heavy atom. The molecule has 4 heteroatoms. The summed E-state index contributed by atoms with van der Waals surface area (Å²) < 4.78 is 0. The van der Waals surface area contributed by atoms with Crippen molar-refractivity contribution in [2.75, 3.05) is 6.54 Å². The number of nitrogens with one attached hydrogen (secondary N) is 2. The van der Waals surface area contributed by atoms with Gasteiger partial charge >= 0.3 is 5.97 Å². The first-order valence-electron chi connectivity index (χ1n) is 4.34. The van der Waals surface area contributed by atoms with Gasteiger partial charge in [0.05, 0.1) is 0 Å². The maximum atomic E-state index is 10.9. The number of carboxylic acids is 1. The van der Waals surface area contributed by atoms with E-state index >= 15 is 0 Å². The molecule has 1 atom stereocenters. The highest BCUT2D eigenvalue weighted by molar-refractivity contribution is 5.79. The second kappa shape index (κ2) is 4.00. The van der Waals surface area contributed by atoms with Gasteiger partial charge in [0, 0.05) is 6.54 Å². The van der Waals surface area contributed by atoms with Crippen LogP contribution in [0.2, 0.25) is 0 Å². The molecule has 3 N–H and O–H groups in total. The number of hydrogen-bond donors (Lipinski definition) is 3. The standard InChI is InChI=1S/C10H14N2O2/c1-3-5-11-8-7-10(2,9(13)14)4-6-12-8/h3-4,6-7,11-12H,1,5H2,2H3,(H,13,14). The van der Waals surface area contributed by atoms with Gasteiger partial charge in [-0.2, -0.15) is 0 Å². The topological polar surface area (TPSA) is 61.4 Å². The first kappa shape index (κ1) is 10.4. The number of dihydropyridines is 1. The first-order chi connectivity index (χ1) is 6.58. The normalized spacial score (nSPS) is 24.8. The first-order valence-corrected chi connectivity index (χ1v) is 4.34. The van der Waals surface area contributed by atoms with Crippen molar-refractivity contribution in [3.05, 3.63) is 36.8 Å². The summed E-state index contributed by atoms with van der Waals surface area (Å²) >= 11 is 0. The summed E-state index contributed by atoms with van der Waals surface area (Å²) in [5.41, 5.74) is -0.936. The highest BCUT2D eigenvalue weighted by Gasteiger charge is 2.30. The lowest BCUT2D eigenvalue weighted by Crippen LogP contribution is -2.33. The lowest BCUT2D eigenvalue weighted by atomic mass is 9.89. The lowest BCUT2D eigenvalue weighted by molar-refractivity contribution is -0.142. The molecular formula is C10H14N2O2. The zero-order valence-corrected chi connectivity index (χ0v) is 8.08. The van der Waals surface area contributed by atoms with Crippen molar-refractivity contribution < 1.29 is 9.90 Å². The molecule has 1 heterocycles. The van der Waals surface area contributed by atoms with E-state index in [2.05, 4.69) is 17.2 Å². The summed E-state index contributed by atoms with van der Waals surface area (Å²) in [4.78, 5) is 10.9. The zero-order valence-electron chi connectivity index (χ0n) is 8.08. The van der Waals surface area contributed by atoms with E-state index in [-0.39, 0.29) is 0 Å². The van der Waals surface area contributed by atoms with Gasteiger partial charge < -0.3 is 15.7 Å². The van der Waals surface area contributed by atoms with E-state index in [1.807, 2.05) is 0 Å². The van der Waals surface area contributed by atoms with E-state index in [0.29, 0.717) is 12.4 Å². The maximum Gasteiger partial charge on any atom is 0.317 e. The van der Waals surface area contributed by atoms with Crippen LogP contribution in [0.5, 0.6) is 0 Å². The molecule has 0 bridgehead atoms. The largest absolute Gasteiger partial charge is 0.480 e. The lowest BCUT2D eigenvalue weighted by Gasteiger charge is -2.23. The fourth-order valence-corrected chi connectivity index (χ4v) is 1.11. The van der Waals surface area contributed by atoms with Crippen LogP contribution in [0.25, 0.3) is 0 Å². The van der Waals surface area contributed by atoms with Crippen LogP contribution in [0, 0.1) is 5.41 Å². The minimum atomic E-state index is -0.936. The van der Waals surface area contributed by atoms with Crippen LogP contribution in [0.4, 0.5) is 0 Å². The Bertz CT molecular complexity index is 307. The molecule has 1 aliphatic heterocycles. The Morgan fingerprint density at radius 3 is 3.14 bits per heavy atom. The van der Waals surface area contributed by atoms with Gasteiger partial charge in [0.25, 0.3) is 0 Å². The molecule has 0 spiro atoms. The van der Waals surface area contributed by atoms with Gasteiger partial charge in [-0.1, -0.05) is 6.08 Å². The van der Waals surface area contributed by atoms with Gasteiger partial charge in [-0.25, -0.2) is 0 Å². The highest BCUT2D eigenvalue weighted by Crippen LogP contribution is 2.23. The number of carbonyl (C=O) groups is 1. The summed E-state index contributed by atoms with van der Waals surface area (Å²) in [6.07, 6.45) is 6.58. The Morgan fingerprint density at radius 2 is 2.57 bits per heavy atom. The van der Waals surface area contributed by atoms with E-state index < -0.39 is 11.4 Å². The SMILES string of the molecule is C=CCNC1=CC(C)(C(=O)O)C=CN1. The van der Waals surface area contributed by atoms with E-state index in [1.54, 1.807) is 31.4 Å². The molecule has 0 aromatic heterocycles. The molecule has 1 unspecified atom stereocenters. The Balaban J connectivity index is 2.76. The number of carboxylic acid groups (broad SMARTS) is 1. The average Bonchev–Trinajstić information content (AvgIpc) is 2.15. The van der Waals surface area contributed by atoms with Crippen LogP contribution in [-0.2, 0) is 4.79 Å². The molecule has 0 saturated heterocycles. The summed E-state index contributed by atoms with van der Waals surface area (Å²) in [5.74, 6) is -0.176. The molecule has 0 saturated carbocycles. The average molecular weight is 194 g/mol. The third-order valence-electron chi connectivity index (χ3n) is 2.01. The van der Waals surface area contributed by atoms with Crippen molar-refractivity contribution in [2.45, 2.75) is 6.92 Å². The van der Waals surface area contributed by atoms with E-state index in [0.717, 1.165) is 0 Å². The minimum absolute atomic E-state index is 0.600. The van der Waals surface area contributed by atoms with Crippen LogP contribution in [0.15, 0.2) is 36.8 Å². The van der Waals surface area contributed by atoms with Gasteiger partial charge in [-0.3, -0.25) is 4.79 Å². The minimum Gasteiger partial charge on any atom is -0.480 e. The van der Waals surface area contributed by atoms with E-state index in [9.17, 15) is 4.79 Å². The summed E-state index contributed by atoms with van der Waals surface area (Å²) in [6.45, 7) is 5.81. The molecule has 1 rings (SSSR count). The molecule has 0 amide bonds. The van der Waals surface area contributed by atoms with Crippen LogP contribution < -0.4 is 10.6 Å². The van der Waals surface area contributed by atoms with Crippen LogP contribution in [0.3, 0.4) is 0 Å². The van der Waals surface area contributed by atoms with Crippen molar-refractivity contribution in [3.63, 3.8) is 0 Å². The van der Waals surface area contributed by atoms with Gasteiger partial charge in [0.15, 0.2) is 0 Å². The molecule has 4 nitrogen and oxygen atoms in total. The van der Waals surface area contributed by atoms with E-state index in [1.165, 1.54) is 0 Å². The second-order valence-corrected chi connectivity index (χ2v) is 3.29. The molecule has 76 valence electrons. The fraction of sp³-hybridized carbons (Fsp3) is 0.300. The summed E-state index contributed by atoms with van der Waals surface area (Å²) in [6, 6.07) is 0. The van der Waals surface area contributed by atoms with Gasteiger partial charge in [0.2, 0.25) is 0 Å². The van der Waals surface area contributed by atoms with Crippen molar-refractivity contribution in [1.82, 2.24) is 10.6 Å². The molecule has 14 heavy (non-hydrogen) atoms. The highest BCUT2D eigenvalue weighted by atomic mass is 16.4. The molecule has 0 fully saturated rings.